The van der Waals surface area contributed by atoms with Crippen LogP contribution in [0.15, 0.2) is 59.4 Å². The number of carbonyl (C=O) groups is 1. The Morgan fingerprint density at radius 1 is 1.12 bits per heavy atom. The van der Waals surface area contributed by atoms with Gasteiger partial charge in [0.25, 0.3) is 5.91 Å². The van der Waals surface area contributed by atoms with E-state index >= 15 is 0 Å². The normalized spacial score (nSPS) is 10.4. The van der Waals surface area contributed by atoms with E-state index in [2.05, 4.69) is 4.98 Å². The topological polar surface area (TPSA) is 51.7 Å². The molecule has 0 radical (unpaired) electrons. The number of pyridine rings is 1. The molecule has 0 unspecified atom stereocenters. The van der Waals surface area contributed by atoms with E-state index in [4.69, 9.17) is 9.47 Å². The van der Waals surface area contributed by atoms with E-state index in [1.807, 2.05) is 35.0 Å². The third-order valence-corrected chi connectivity index (χ3v) is 4.69. The lowest BCUT2D eigenvalue weighted by Gasteiger charge is -2.23. The van der Waals surface area contributed by atoms with Crippen LogP contribution in [-0.2, 0) is 13.1 Å². The molecule has 1 amide bonds. The molecule has 0 aliphatic carbocycles. The maximum atomic E-state index is 13.2. The average molecular weight is 368 g/mol. The minimum absolute atomic E-state index is 0.110. The van der Waals surface area contributed by atoms with Crippen LogP contribution in [0.1, 0.15) is 21.6 Å². The summed E-state index contributed by atoms with van der Waals surface area (Å²) in [5, 5.41) is 4.05. The molecule has 0 spiro atoms. The van der Waals surface area contributed by atoms with Gasteiger partial charge in [0.2, 0.25) is 0 Å². The van der Waals surface area contributed by atoms with Gasteiger partial charge in [-0.15, -0.1) is 0 Å². The smallest absolute Gasteiger partial charge is 0.258 e. The van der Waals surface area contributed by atoms with Crippen molar-refractivity contribution in [2.45, 2.75) is 13.1 Å². The summed E-state index contributed by atoms with van der Waals surface area (Å²) in [6.07, 6.45) is 1.73. The van der Waals surface area contributed by atoms with E-state index in [0.29, 0.717) is 30.2 Å². The summed E-state index contributed by atoms with van der Waals surface area (Å²) < 4.78 is 10.6. The fraction of sp³-hybridized carbons (Fsp3) is 0.200. The van der Waals surface area contributed by atoms with Crippen LogP contribution in [0.4, 0.5) is 0 Å². The van der Waals surface area contributed by atoms with Crippen molar-refractivity contribution in [3.63, 3.8) is 0 Å². The van der Waals surface area contributed by atoms with Crippen molar-refractivity contribution in [2.75, 3.05) is 14.2 Å². The molecule has 0 saturated heterocycles. The molecule has 134 valence electrons. The van der Waals surface area contributed by atoms with Crippen molar-refractivity contribution < 1.29 is 14.3 Å². The first-order chi connectivity index (χ1) is 12.7. The van der Waals surface area contributed by atoms with Gasteiger partial charge in [0.05, 0.1) is 32.0 Å². The Bertz CT molecular complexity index is 851. The molecule has 0 saturated carbocycles. The number of nitrogens with zero attached hydrogens (tertiary/aromatic N) is 2. The second-order valence-electron chi connectivity index (χ2n) is 5.68. The van der Waals surface area contributed by atoms with Gasteiger partial charge in [-0.05, 0) is 46.7 Å². The van der Waals surface area contributed by atoms with Gasteiger partial charge in [-0.1, -0.05) is 6.07 Å². The summed E-state index contributed by atoms with van der Waals surface area (Å²) in [4.78, 5) is 19.4. The molecular formula is C20H20N2O3S. The van der Waals surface area contributed by atoms with Gasteiger partial charge >= 0.3 is 0 Å². The Morgan fingerprint density at radius 3 is 2.65 bits per heavy atom. The molecule has 6 heteroatoms. The Balaban J connectivity index is 1.91. The molecule has 0 bridgehead atoms. The molecule has 0 aliphatic heterocycles. The summed E-state index contributed by atoms with van der Waals surface area (Å²) in [6, 6.07) is 12.9. The predicted octanol–water partition coefficient (Wildman–Crippen LogP) is 4.00. The van der Waals surface area contributed by atoms with Gasteiger partial charge in [-0.3, -0.25) is 9.78 Å². The Hall–Kier alpha value is -2.86. The first kappa shape index (κ1) is 17.9. The third-order valence-electron chi connectivity index (χ3n) is 3.96. The van der Waals surface area contributed by atoms with E-state index in [1.54, 1.807) is 54.9 Å². The largest absolute Gasteiger partial charge is 0.497 e. The van der Waals surface area contributed by atoms with Gasteiger partial charge in [-0.25, -0.2) is 0 Å². The van der Waals surface area contributed by atoms with E-state index in [0.717, 1.165) is 11.3 Å². The first-order valence-corrected chi connectivity index (χ1v) is 9.08. The number of hydrogen-bond acceptors (Lipinski definition) is 5. The third kappa shape index (κ3) is 4.21. The zero-order chi connectivity index (χ0) is 18.4. The quantitative estimate of drug-likeness (QED) is 0.632. The van der Waals surface area contributed by atoms with Crippen LogP contribution in [0, 0.1) is 0 Å². The van der Waals surface area contributed by atoms with Crippen LogP contribution in [-0.4, -0.2) is 30.0 Å². The highest BCUT2D eigenvalue weighted by Crippen LogP contribution is 2.27. The number of methoxy groups -OCH3 is 2. The molecular weight excluding hydrogens is 348 g/mol. The van der Waals surface area contributed by atoms with Gasteiger partial charge in [0.1, 0.15) is 11.5 Å². The summed E-state index contributed by atoms with van der Waals surface area (Å²) in [5.41, 5.74) is 2.43. The number of aromatic nitrogens is 1. The molecule has 26 heavy (non-hydrogen) atoms. The number of amides is 1. The minimum atomic E-state index is -0.110. The van der Waals surface area contributed by atoms with Crippen LogP contribution in [0.25, 0.3) is 0 Å². The van der Waals surface area contributed by atoms with Crippen LogP contribution < -0.4 is 9.47 Å². The van der Waals surface area contributed by atoms with Crippen molar-refractivity contribution in [1.82, 2.24) is 9.88 Å². The molecule has 5 nitrogen and oxygen atoms in total. The van der Waals surface area contributed by atoms with Crippen molar-refractivity contribution >= 4 is 17.2 Å². The maximum absolute atomic E-state index is 13.2. The second-order valence-corrected chi connectivity index (χ2v) is 6.46. The summed E-state index contributed by atoms with van der Waals surface area (Å²) >= 11 is 1.61. The van der Waals surface area contributed by atoms with Crippen molar-refractivity contribution in [2.24, 2.45) is 0 Å². The lowest BCUT2D eigenvalue weighted by atomic mass is 10.1. The molecule has 0 fully saturated rings. The number of ether oxygens (including phenoxy) is 2. The Kier molecular flexibility index (Phi) is 5.86. The average Bonchev–Trinajstić information content (AvgIpc) is 3.20. The van der Waals surface area contributed by atoms with Crippen molar-refractivity contribution in [1.29, 1.82) is 0 Å². The number of benzene rings is 1. The SMILES string of the molecule is COc1ccc(C(=O)N(Cc2ccsc2)Cc2ccccn2)c(OC)c1. The summed E-state index contributed by atoms with van der Waals surface area (Å²) in [7, 11) is 3.13. The molecule has 2 aromatic heterocycles. The highest BCUT2D eigenvalue weighted by Gasteiger charge is 2.21. The number of rotatable bonds is 7. The lowest BCUT2D eigenvalue weighted by Crippen LogP contribution is -2.30. The van der Waals surface area contributed by atoms with Gasteiger partial charge in [0, 0.05) is 18.8 Å². The van der Waals surface area contributed by atoms with Crippen LogP contribution in [0.2, 0.25) is 0 Å². The van der Waals surface area contributed by atoms with E-state index < -0.39 is 0 Å². The predicted molar refractivity (Wildman–Crippen MR) is 102 cm³/mol. The second kappa shape index (κ2) is 8.49. The van der Waals surface area contributed by atoms with Gasteiger partial charge in [0.15, 0.2) is 0 Å². The molecule has 0 aliphatic rings. The highest BCUT2D eigenvalue weighted by atomic mass is 32.1. The number of thiophene rings is 1. The summed E-state index contributed by atoms with van der Waals surface area (Å²) in [5.74, 6) is 1.03. The molecule has 0 N–H and O–H groups in total. The Morgan fingerprint density at radius 2 is 2.00 bits per heavy atom. The fourth-order valence-corrected chi connectivity index (χ4v) is 3.30. The molecule has 0 atom stereocenters. The first-order valence-electron chi connectivity index (χ1n) is 8.13. The zero-order valence-electron chi connectivity index (χ0n) is 14.7. The number of hydrogen-bond donors (Lipinski definition) is 0. The molecule has 3 aromatic rings. The molecule has 1 aromatic carbocycles. The highest BCUT2D eigenvalue weighted by molar-refractivity contribution is 7.07. The zero-order valence-corrected chi connectivity index (χ0v) is 15.5. The van der Waals surface area contributed by atoms with Crippen molar-refractivity contribution in [3.8, 4) is 11.5 Å². The minimum Gasteiger partial charge on any atom is -0.497 e. The van der Waals surface area contributed by atoms with Crippen LogP contribution in [0.5, 0.6) is 11.5 Å². The standard InChI is InChI=1S/C20H20N2O3S/c1-24-17-6-7-18(19(11-17)25-2)20(23)22(12-15-8-10-26-14-15)13-16-5-3-4-9-21-16/h3-11,14H,12-13H2,1-2H3. The summed E-state index contributed by atoms with van der Waals surface area (Å²) in [6.45, 7) is 0.929. The maximum Gasteiger partial charge on any atom is 0.258 e. The van der Waals surface area contributed by atoms with E-state index in [-0.39, 0.29) is 5.91 Å². The van der Waals surface area contributed by atoms with Crippen LogP contribution >= 0.6 is 11.3 Å². The van der Waals surface area contributed by atoms with Crippen molar-refractivity contribution in [3.05, 3.63) is 76.2 Å². The van der Waals surface area contributed by atoms with Gasteiger partial charge in [-0.2, -0.15) is 11.3 Å². The van der Waals surface area contributed by atoms with E-state index in [9.17, 15) is 4.79 Å². The Labute approximate surface area is 156 Å². The fourth-order valence-electron chi connectivity index (χ4n) is 2.64. The van der Waals surface area contributed by atoms with Crippen LogP contribution in [0.3, 0.4) is 0 Å². The molecule has 3 rings (SSSR count). The lowest BCUT2D eigenvalue weighted by molar-refractivity contribution is 0.0724. The molecule has 2 heterocycles. The van der Waals surface area contributed by atoms with E-state index in [1.165, 1.54) is 0 Å². The van der Waals surface area contributed by atoms with Gasteiger partial charge < -0.3 is 14.4 Å². The monoisotopic (exact) mass is 368 g/mol. The number of carbonyl (C=O) groups excluding carboxylic acids is 1.